The largest absolute Gasteiger partial charge is 0.450 e. The molecule has 0 heterocycles. The third-order valence-corrected chi connectivity index (χ3v) is 27.8. The van der Waals surface area contributed by atoms with Crippen molar-refractivity contribution in [3.05, 3.63) is 0 Å². The number of rotatable bonds is 59. The predicted molar refractivity (Wildman–Crippen MR) is 356 cm³/mol. The summed E-state index contributed by atoms with van der Waals surface area (Å²) in [5.74, 6) is 0.757. The molecule has 0 radical (unpaired) electrons. The van der Waals surface area contributed by atoms with E-state index in [9.17, 15) is 19.2 Å². The van der Waals surface area contributed by atoms with Crippen molar-refractivity contribution in [2.45, 2.75) is 343 Å². The second-order valence-electron chi connectivity index (χ2n) is 26.2. The van der Waals surface area contributed by atoms with Gasteiger partial charge >= 0.3 is 32.9 Å². The Morgan fingerprint density at radius 3 is 1.00 bits per heavy atom. The topological polar surface area (TPSA) is 172 Å². The highest BCUT2D eigenvalue weighted by Gasteiger charge is 2.44. The molecule has 0 saturated heterocycles. The quantitative estimate of drug-likeness (QED) is 0.0261. The number of nitrogens with one attached hydrogen (secondary N) is 4. The van der Waals surface area contributed by atoms with E-state index in [0.717, 1.165) is 70.3 Å². The molecule has 14 nitrogen and oxygen atoms in total. The Labute approximate surface area is 515 Å². The minimum atomic E-state index is -2.60. The first-order valence-corrected chi connectivity index (χ1v) is 43.8. The molecule has 3 atom stereocenters. The summed E-state index contributed by atoms with van der Waals surface area (Å²) in [6, 6.07) is 0.820. The minimum Gasteiger partial charge on any atom is -0.450 e. The Kier molecular flexibility index (Phi) is 53.4. The summed E-state index contributed by atoms with van der Waals surface area (Å²) in [5, 5.41) is 11.6. The molecule has 0 aromatic heterocycles. The first-order chi connectivity index (χ1) is 39.9. The molecule has 4 amide bonds. The average Bonchev–Trinajstić information content (AvgIpc) is 3.53. The molecular formula is C66H136N4O10Si3. The van der Waals surface area contributed by atoms with Crippen molar-refractivity contribution in [2.75, 3.05) is 46.0 Å². The molecule has 0 aliphatic rings. The van der Waals surface area contributed by atoms with Crippen LogP contribution in [0.1, 0.15) is 291 Å². The van der Waals surface area contributed by atoms with Crippen LogP contribution in [0, 0.1) is 11.8 Å². The minimum absolute atomic E-state index is 0.322. The molecule has 4 N–H and O–H groups in total. The highest BCUT2D eigenvalue weighted by Crippen LogP contribution is 2.27. The Morgan fingerprint density at radius 2 is 0.663 bits per heavy atom. The van der Waals surface area contributed by atoms with Gasteiger partial charge in [0.2, 0.25) is 8.32 Å². The molecule has 0 aromatic carbocycles. The maximum atomic E-state index is 12.9. The van der Waals surface area contributed by atoms with Crippen LogP contribution < -0.4 is 21.3 Å². The van der Waals surface area contributed by atoms with Gasteiger partial charge in [-0.1, -0.05) is 240 Å². The predicted octanol–water partition coefficient (Wildman–Crippen LogP) is 19.9. The van der Waals surface area contributed by atoms with Crippen LogP contribution in [0.2, 0.25) is 45.3 Å². The molecule has 0 aliphatic carbocycles. The van der Waals surface area contributed by atoms with Crippen LogP contribution >= 0.6 is 0 Å². The van der Waals surface area contributed by atoms with Crippen molar-refractivity contribution in [3.8, 4) is 0 Å². The molecule has 0 rings (SSSR count). The number of amides is 4. The molecule has 0 saturated carbocycles. The maximum Gasteiger partial charge on any atom is 0.407 e. The number of unbranched alkanes of at least 4 members (excludes halogenated alkanes) is 32. The van der Waals surface area contributed by atoms with E-state index in [-0.39, 0.29) is 17.9 Å². The lowest BCUT2D eigenvalue weighted by Crippen LogP contribution is -2.58. The summed E-state index contributed by atoms with van der Waals surface area (Å²) >= 11 is 0. The molecule has 0 bridgehead atoms. The van der Waals surface area contributed by atoms with Gasteiger partial charge in [0.05, 0.1) is 19.8 Å². The van der Waals surface area contributed by atoms with Crippen LogP contribution in [0.4, 0.5) is 19.2 Å². The zero-order valence-electron chi connectivity index (χ0n) is 56.3. The van der Waals surface area contributed by atoms with Crippen molar-refractivity contribution in [1.29, 1.82) is 0 Å². The molecule has 0 aromatic rings. The van der Waals surface area contributed by atoms with Crippen LogP contribution in [0.15, 0.2) is 0 Å². The third-order valence-electron chi connectivity index (χ3n) is 16.0. The Balaban J connectivity index is 4.00. The number of carbonyl (C=O) groups excluding carboxylic acids is 4. The second-order valence-corrected chi connectivity index (χ2v) is 38.5. The summed E-state index contributed by atoms with van der Waals surface area (Å²) in [6.07, 6.45) is 47.4. The van der Waals surface area contributed by atoms with Crippen molar-refractivity contribution in [2.24, 2.45) is 11.8 Å². The van der Waals surface area contributed by atoms with E-state index in [4.69, 9.17) is 27.2 Å². The SMILES string of the molecule is CCCCCCCCCCCCCCCCC(C)COC(=O)NCCCCCCNC(=O)OCCC[Si](C)(C)O[Si](C)(C)O[Si](C)(C)C(CC)OC(=O)NCCCCCCNC(=O)OCC(C)CCCCCCCCCCCCCCCC. The standard InChI is InChI=1S/C66H136N4O10Si3/c1-12-15-17-19-21-23-25-27-29-31-33-35-37-43-50-60(4)58-76-64(72)68-53-46-40-39-45-52-67-63(71)75-56-49-57-81(6,7)79-83(10,11)80-82(8,9)62(14-3)78-66(74)70-55-48-42-41-47-54-69-65(73)77-59-61(5)51-44-38-36-34-32-30-28-26-24-22-20-18-16-13-2/h60-62H,12-59H2,1-11H3,(H,67,71)(H,68,72)(H,69,73)(H,70,74). The van der Waals surface area contributed by atoms with Gasteiger partial charge in [0.25, 0.3) is 0 Å². The van der Waals surface area contributed by atoms with Gasteiger partial charge < -0.3 is 48.4 Å². The van der Waals surface area contributed by atoms with Gasteiger partial charge in [-0.2, -0.15) is 0 Å². The van der Waals surface area contributed by atoms with E-state index in [1.807, 2.05) is 6.92 Å². The number of ether oxygens (including phenoxy) is 4. The highest BCUT2D eigenvalue weighted by molar-refractivity contribution is 6.88. The number of hydrogen-bond acceptors (Lipinski definition) is 10. The molecule has 0 spiro atoms. The normalized spacial score (nSPS) is 13.0. The summed E-state index contributed by atoms with van der Waals surface area (Å²) in [7, 11) is -7.28. The lowest BCUT2D eigenvalue weighted by atomic mass is 10.0. The second kappa shape index (κ2) is 55.0. The van der Waals surface area contributed by atoms with Crippen LogP contribution in [0.3, 0.4) is 0 Å². The fourth-order valence-corrected chi connectivity index (χ4v) is 25.3. The lowest BCUT2D eigenvalue weighted by Gasteiger charge is -2.41. The van der Waals surface area contributed by atoms with E-state index >= 15 is 0 Å². The molecule has 492 valence electrons. The highest BCUT2D eigenvalue weighted by atomic mass is 28.5. The van der Waals surface area contributed by atoms with Gasteiger partial charge in [0, 0.05) is 26.2 Å². The molecular weight excluding hydrogens is 1090 g/mol. The lowest BCUT2D eigenvalue weighted by molar-refractivity contribution is 0.118. The Hall–Kier alpha value is -2.35. The maximum absolute atomic E-state index is 12.9. The van der Waals surface area contributed by atoms with Gasteiger partial charge in [-0.15, -0.1) is 0 Å². The summed E-state index contributed by atoms with van der Waals surface area (Å²) in [6.45, 7) is 27.1. The fourth-order valence-electron chi connectivity index (χ4n) is 11.1. The molecule has 17 heteroatoms. The van der Waals surface area contributed by atoms with Gasteiger partial charge in [-0.3, -0.25) is 0 Å². The van der Waals surface area contributed by atoms with Crippen molar-refractivity contribution >= 4 is 49.6 Å². The zero-order chi connectivity index (χ0) is 61.6. The average molecular weight is 1230 g/mol. The summed E-state index contributed by atoms with van der Waals surface area (Å²) < 4.78 is 36.0. The molecule has 0 fully saturated rings. The fraction of sp³-hybridized carbons (Fsp3) is 0.939. The van der Waals surface area contributed by atoms with E-state index in [1.54, 1.807) is 0 Å². The molecule has 83 heavy (non-hydrogen) atoms. The Bertz CT molecular complexity index is 1530. The van der Waals surface area contributed by atoms with E-state index in [2.05, 4.69) is 88.2 Å². The number of carbonyl (C=O) groups is 4. The van der Waals surface area contributed by atoms with Gasteiger partial charge in [0.15, 0.2) is 8.32 Å². The van der Waals surface area contributed by atoms with E-state index < -0.39 is 37.4 Å². The molecule has 3 unspecified atom stereocenters. The van der Waals surface area contributed by atoms with E-state index in [0.29, 0.717) is 70.7 Å². The number of hydrogen-bond donors (Lipinski definition) is 4. The monoisotopic (exact) mass is 1230 g/mol. The van der Waals surface area contributed by atoms with Gasteiger partial charge in [0.1, 0.15) is 5.73 Å². The summed E-state index contributed by atoms with van der Waals surface area (Å²) in [4.78, 5) is 49.7. The number of alkyl carbamates (subject to hydrolysis) is 4. The van der Waals surface area contributed by atoms with Crippen LogP contribution in [-0.4, -0.2) is 101 Å². The van der Waals surface area contributed by atoms with E-state index in [1.165, 1.54) is 180 Å². The van der Waals surface area contributed by atoms with Gasteiger partial charge in [-0.25, -0.2) is 19.2 Å². The van der Waals surface area contributed by atoms with Crippen LogP contribution in [0.25, 0.3) is 0 Å². The smallest absolute Gasteiger partial charge is 0.407 e. The van der Waals surface area contributed by atoms with Crippen LogP contribution in [-0.2, 0) is 27.2 Å². The van der Waals surface area contributed by atoms with Gasteiger partial charge in [-0.05, 0) is 109 Å². The summed E-state index contributed by atoms with van der Waals surface area (Å²) in [5.41, 5.74) is -0.326. The van der Waals surface area contributed by atoms with Crippen LogP contribution in [0.5, 0.6) is 0 Å². The zero-order valence-corrected chi connectivity index (χ0v) is 59.3. The third kappa shape index (κ3) is 54.8. The van der Waals surface area contributed by atoms with Crippen molar-refractivity contribution in [1.82, 2.24) is 21.3 Å². The van der Waals surface area contributed by atoms with Crippen molar-refractivity contribution in [3.63, 3.8) is 0 Å². The first kappa shape index (κ1) is 80.7. The molecule has 0 aliphatic heterocycles. The Morgan fingerprint density at radius 1 is 0.361 bits per heavy atom. The first-order valence-electron chi connectivity index (χ1n) is 34.9. The van der Waals surface area contributed by atoms with Crippen molar-refractivity contribution < 1.29 is 46.4 Å².